The second kappa shape index (κ2) is 3.97. The molecule has 0 spiro atoms. The van der Waals surface area contributed by atoms with Gasteiger partial charge in [0.05, 0.1) is 11.8 Å². The van der Waals surface area contributed by atoms with Crippen LogP contribution in [-0.2, 0) is 16.6 Å². The van der Waals surface area contributed by atoms with Crippen molar-refractivity contribution >= 4 is 11.2 Å². The van der Waals surface area contributed by atoms with Crippen molar-refractivity contribution in [2.45, 2.75) is 38.0 Å². The molecule has 0 bridgehead atoms. The van der Waals surface area contributed by atoms with E-state index in [2.05, 4.69) is 6.92 Å². The van der Waals surface area contributed by atoms with Crippen LogP contribution in [0.4, 0.5) is 3.89 Å². The summed E-state index contributed by atoms with van der Waals surface area (Å²) in [7, 11) is 0. The lowest BCUT2D eigenvalue weighted by atomic mass is 9.85. The summed E-state index contributed by atoms with van der Waals surface area (Å²) in [6, 6.07) is 3.71. The average Bonchev–Trinajstić information content (AvgIpc) is 1.99. The first-order chi connectivity index (χ1) is 6.73. The minimum atomic E-state index is -2.41. The molecule has 1 aromatic carbocycles. The van der Waals surface area contributed by atoms with Gasteiger partial charge in [0.2, 0.25) is 11.2 Å². The SMILES string of the molecule is [CH2+]C(C)(C)c1cc(C)c(S(=O)F)c(C)c1. The zero-order valence-electron chi connectivity index (χ0n) is 9.56. The van der Waals surface area contributed by atoms with Gasteiger partial charge in [-0.25, -0.2) is 4.21 Å². The summed E-state index contributed by atoms with van der Waals surface area (Å²) in [6.07, 6.45) is 0. The van der Waals surface area contributed by atoms with Crippen LogP contribution in [0.1, 0.15) is 30.5 Å². The summed E-state index contributed by atoms with van der Waals surface area (Å²) in [6.45, 7) is 11.6. The molecule has 0 radical (unpaired) electrons. The van der Waals surface area contributed by atoms with Crippen molar-refractivity contribution in [3.63, 3.8) is 0 Å². The Labute approximate surface area is 93.5 Å². The van der Waals surface area contributed by atoms with Crippen molar-refractivity contribution in [3.05, 3.63) is 35.7 Å². The number of hydrogen-bond acceptors (Lipinski definition) is 1. The second-order valence-electron chi connectivity index (χ2n) is 4.55. The molecule has 1 rings (SSSR count). The molecule has 0 N–H and O–H groups in total. The van der Waals surface area contributed by atoms with Crippen LogP contribution in [0.2, 0.25) is 0 Å². The average molecular weight is 227 g/mol. The van der Waals surface area contributed by atoms with Gasteiger partial charge in [-0.15, -0.1) is 3.89 Å². The van der Waals surface area contributed by atoms with Crippen molar-refractivity contribution in [3.8, 4) is 0 Å². The molecule has 0 heterocycles. The first-order valence-corrected chi connectivity index (χ1v) is 5.83. The summed E-state index contributed by atoms with van der Waals surface area (Å²) < 4.78 is 23.7. The number of halogens is 1. The van der Waals surface area contributed by atoms with Crippen molar-refractivity contribution < 1.29 is 8.09 Å². The maximum Gasteiger partial charge on any atom is 0.231 e. The summed E-state index contributed by atoms with van der Waals surface area (Å²) in [4.78, 5) is 0.294. The van der Waals surface area contributed by atoms with Crippen molar-refractivity contribution in [1.82, 2.24) is 0 Å². The molecule has 0 saturated heterocycles. The molecule has 0 aliphatic carbocycles. The van der Waals surface area contributed by atoms with E-state index in [1.54, 1.807) is 13.8 Å². The van der Waals surface area contributed by atoms with Crippen LogP contribution in [0.5, 0.6) is 0 Å². The molecule has 0 fully saturated rings. The summed E-state index contributed by atoms with van der Waals surface area (Å²) >= 11 is -2.41. The lowest BCUT2D eigenvalue weighted by molar-refractivity contribution is 0.644. The lowest BCUT2D eigenvalue weighted by Gasteiger charge is -2.15. The number of rotatable bonds is 2. The molecule has 1 nitrogen and oxygen atoms in total. The predicted octanol–water partition coefficient (Wildman–Crippen LogP) is 3.41. The summed E-state index contributed by atoms with van der Waals surface area (Å²) in [5.74, 6) is 0. The van der Waals surface area contributed by atoms with Gasteiger partial charge in [-0.05, 0) is 51.0 Å². The number of benzene rings is 1. The highest BCUT2D eigenvalue weighted by Crippen LogP contribution is 2.28. The summed E-state index contributed by atoms with van der Waals surface area (Å²) in [5, 5.41) is 0. The maximum absolute atomic E-state index is 12.8. The second-order valence-corrected chi connectivity index (χ2v) is 5.40. The van der Waals surface area contributed by atoms with Crippen LogP contribution in [0.3, 0.4) is 0 Å². The van der Waals surface area contributed by atoms with Crippen LogP contribution in [0.25, 0.3) is 0 Å². The molecular weight excluding hydrogens is 211 g/mol. The Morgan fingerprint density at radius 3 is 1.93 bits per heavy atom. The van der Waals surface area contributed by atoms with E-state index < -0.39 is 11.2 Å². The largest absolute Gasteiger partial charge is 0.231 e. The fourth-order valence-corrected chi connectivity index (χ4v) is 2.22. The van der Waals surface area contributed by atoms with E-state index in [0.717, 1.165) is 16.7 Å². The highest BCUT2D eigenvalue weighted by molar-refractivity contribution is 7.80. The molecule has 0 saturated carbocycles. The minimum absolute atomic E-state index is 0.216. The van der Waals surface area contributed by atoms with Crippen LogP contribution in [0.15, 0.2) is 17.0 Å². The number of hydrogen-bond donors (Lipinski definition) is 0. The smallest absolute Gasteiger partial charge is 0.219 e. The molecule has 0 aliphatic rings. The van der Waals surface area contributed by atoms with E-state index in [-0.39, 0.29) is 5.41 Å². The van der Waals surface area contributed by atoms with Gasteiger partial charge in [-0.3, -0.25) is 0 Å². The Hall–Kier alpha value is -0.830. The van der Waals surface area contributed by atoms with Gasteiger partial charge in [0, 0.05) is 5.56 Å². The van der Waals surface area contributed by atoms with Gasteiger partial charge in [-0.1, -0.05) is 0 Å². The van der Waals surface area contributed by atoms with Gasteiger partial charge in [-0.2, -0.15) is 0 Å². The predicted molar refractivity (Wildman–Crippen MR) is 61.8 cm³/mol. The topological polar surface area (TPSA) is 17.1 Å². The maximum atomic E-state index is 12.8. The molecule has 1 unspecified atom stereocenters. The Balaban J connectivity index is 3.39. The van der Waals surface area contributed by atoms with E-state index >= 15 is 0 Å². The molecule has 15 heavy (non-hydrogen) atoms. The van der Waals surface area contributed by atoms with Crippen LogP contribution < -0.4 is 0 Å². The fourth-order valence-electron chi connectivity index (χ4n) is 1.59. The van der Waals surface area contributed by atoms with Crippen molar-refractivity contribution in [2.24, 2.45) is 0 Å². The molecule has 0 aliphatic heterocycles. The van der Waals surface area contributed by atoms with Crippen molar-refractivity contribution in [2.75, 3.05) is 0 Å². The normalized spacial score (nSPS) is 13.9. The summed E-state index contributed by atoms with van der Waals surface area (Å²) in [5.41, 5.74) is 2.27. The van der Waals surface area contributed by atoms with E-state index in [0.29, 0.717) is 4.90 Å². The minimum Gasteiger partial charge on any atom is -0.219 e. The standard InChI is InChI=1S/C12H16FOS/c1-8-6-10(12(3,4)5)7-9(2)11(8)15(13)14/h6-7H,3H2,1-2,4-5H3/q+1. The van der Waals surface area contributed by atoms with E-state index in [1.807, 2.05) is 26.0 Å². The van der Waals surface area contributed by atoms with Crippen LogP contribution in [0, 0.1) is 20.8 Å². The van der Waals surface area contributed by atoms with Gasteiger partial charge >= 0.3 is 0 Å². The first kappa shape index (κ1) is 12.2. The Morgan fingerprint density at radius 2 is 1.67 bits per heavy atom. The van der Waals surface area contributed by atoms with E-state index in [4.69, 9.17) is 0 Å². The van der Waals surface area contributed by atoms with E-state index in [1.165, 1.54) is 0 Å². The molecule has 82 valence electrons. The fraction of sp³-hybridized carbons (Fsp3) is 0.417. The zero-order valence-corrected chi connectivity index (χ0v) is 10.4. The van der Waals surface area contributed by atoms with Gasteiger partial charge in [0.25, 0.3) is 0 Å². The molecule has 0 amide bonds. The molecule has 0 aromatic heterocycles. The molecular formula is C12H16FOS+. The Morgan fingerprint density at radius 1 is 1.27 bits per heavy atom. The third kappa shape index (κ3) is 2.59. The van der Waals surface area contributed by atoms with Crippen LogP contribution in [-0.4, -0.2) is 4.21 Å². The van der Waals surface area contributed by atoms with Gasteiger partial charge < -0.3 is 0 Å². The lowest BCUT2D eigenvalue weighted by Crippen LogP contribution is -2.13. The van der Waals surface area contributed by atoms with Crippen LogP contribution >= 0.6 is 0 Å². The molecule has 1 aromatic rings. The van der Waals surface area contributed by atoms with E-state index in [9.17, 15) is 8.09 Å². The monoisotopic (exact) mass is 227 g/mol. The molecule has 1 atom stereocenters. The first-order valence-electron chi connectivity index (χ1n) is 4.78. The van der Waals surface area contributed by atoms with Gasteiger partial charge in [0.1, 0.15) is 5.41 Å². The number of aryl methyl sites for hydroxylation is 2. The highest BCUT2D eigenvalue weighted by Gasteiger charge is 2.23. The van der Waals surface area contributed by atoms with Crippen molar-refractivity contribution in [1.29, 1.82) is 0 Å². The van der Waals surface area contributed by atoms with Gasteiger partial charge in [0.15, 0.2) is 0 Å². The Bertz CT molecular complexity index is 382. The highest BCUT2D eigenvalue weighted by atomic mass is 32.2. The third-order valence-electron chi connectivity index (χ3n) is 2.40. The zero-order chi connectivity index (χ0) is 11.8. The Kier molecular flexibility index (Phi) is 3.24. The molecule has 3 heteroatoms. The quantitative estimate of drug-likeness (QED) is 0.559. The third-order valence-corrected chi connectivity index (χ3v) is 3.37.